The predicted octanol–water partition coefficient (Wildman–Crippen LogP) is 3.76. The van der Waals surface area contributed by atoms with Crippen molar-refractivity contribution in [2.75, 3.05) is 24.3 Å². The monoisotopic (exact) mass is 389 g/mol. The molecule has 0 fully saturated rings. The van der Waals surface area contributed by atoms with Gasteiger partial charge < -0.3 is 15.2 Å². The van der Waals surface area contributed by atoms with Crippen molar-refractivity contribution < 1.29 is 0 Å². The van der Waals surface area contributed by atoms with E-state index in [-0.39, 0.29) is 0 Å². The zero-order valence-corrected chi connectivity index (χ0v) is 17.4. The molecular formula is C22H27N7. The molecule has 0 spiro atoms. The van der Waals surface area contributed by atoms with E-state index in [0.29, 0.717) is 17.9 Å². The topological polar surface area (TPSA) is 74.1 Å². The number of nitrogens with zero attached hydrogens (tertiary/aromatic N) is 5. The number of H-pyrrole nitrogens is 1. The van der Waals surface area contributed by atoms with E-state index in [1.807, 2.05) is 29.7 Å². The van der Waals surface area contributed by atoms with Crippen LogP contribution in [0.25, 0.3) is 16.6 Å². The van der Waals surface area contributed by atoms with Gasteiger partial charge in [0.05, 0.1) is 6.20 Å². The maximum Gasteiger partial charge on any atom is 0.230 e. The van der Waals surface area contributed by atoms with Gasteiger partial charge in [-0.1, -0.05) is 32.0 Å². The summed E-state index contributed by atoms with van der Waals surface area (Å²) in [5, 5.41) is 9.60. The predicted molar refractivity (Wildman–Crippen MR) is 117 cm³/mol. The molecule has 29 heavy (non-hydrogen) atoms. The van der Waals surface area contributed by atoms with Crippen LogP contribution < -0.4 is 10.2 Å². The first-order valence-corrected chi connectivity index (χ1v) is 10.3. The first-order chi connectivity index (χ1) is 14.0. The van der Waals surface area contributed by atoms with E-state index in [0.717, 1.165) is 36.4 Å². The van der Waals surface area contributed by atoms with Crippen LogP contribution in [0.3, 0.4) is 0 Å². The first kappa shape index (κ1) is 18.0. The third-order valence-electron chi connectivity index (χ3n) is 5.83. The summed E-state index contributed by atoms with van der Waals surface area (Å²) in [6.45, 7) is 4.34. The lowest BCUT2D eigenvalue weighted by Gasteiger charge is -2.25. The molecule has 5 rings (SSSR count). The molecule has 0 aliphatic heterocycles. The smallest absolute Gasteiger partial charge is 0.230 e. The van der Waals surface area contributed by atoms with Gasteiger partial charge in [-0.05, 0) is 36.8 Å². The van der Waals surface area contributed by atoms with Gasteiger partial charge in [0.25, 0.3) is 0 Å². The third-order valence-corrected chi connectivity index (χ3v) is 5.83. The van der Waals surface area contributed by atoms with Gasteiger partial charge >= 0.3 is 0 Å². The number of aromatic nitrogens is 5. The second-order valence-electron chi connectivity index (χ2n) is 8.44. The zero-order valence-electron chi connectivity index (χ0n) is 17.4. The normalized spacial score (nSPS) is 16.5. The highest BCUT2D eigenvalue weighted by Crippen LogP contribution is 2.30. The van der Waals surface area contributed by atoms with Crippen molar-refractivity contribution in [3.63, 3.8) is 0 Å². The Hall–Kier alpha value is -3.09. The van der Waals surface area contributed by atoms with E-state index < -0.39 is 0 Å². The second kappa shape index (κ2) is 6.76. The fourth-order valence-corrected chi connectivity index (χ4v) is 4.26. The highest BCUT2D eigenvalue weighted by molar-refractivity contribution is 5.85. The Morgan fingerprint density at radius 1 is 1.21 bits per heavy atom. The molecule has 3 aromatic heterocycles. The molecular weight excluding hydrogens is 362 g/mol. The first-order valence-electron chi connectivity index (χ1n) is 10.3. The van der Waals surface area contributed by atoms with Crippen LogP contribution in [-0.4, -0.2) is 44.7 Å². The van der Waals surface area contributed by atoms with Crippen LogP contribution in [0.5, 0.6) is 0 Å². The molecule has 1 atom stereocenters. The van der Waals surface area contributed by atoms with Gasteiger partial charge in [0.1, 0.15) is 0 Å². The fourth-order valence-electron chi connectivity index (χ4n) is 4.26. The van der Waals surface area contributed by atoms with Crippen molar-refractivity contribution >= 4 is 28.4 Å². The van der Waals surface area contributed by atoms with E-state index in [2.05, 4.69) is 53.5 Å². The summed E-state index contributed by atoms with van der Waals surface area (Å²) in [5.74, 6) is 1.82. The number of fused-ring (bicyclic) bond motifs is 4. The zero-order chi connectivity index (χ0) is 20.1. The molecule has 1 aliphatic carbocycles. The van der Waals surface area contributed by atoms with Gasteiger partial charge in [0.15, 0.2) is 5.65 Å². The average Bonchev–Trinajstić information content (AvgIpc) is 3.29. The number of nitrogens with one attached hydrogen (secondary N) is 2. The fraction of sp³-hybridized carbons (Fsp3) is 0.409. The number of aryl methyl sites for hydroxylation is 1. The van der Waals surface area contributed by atoms with E-state index in [4.69, 9.17) is 9.97 Å². The standard InChI is InChI=1S/C22H27N7/c1-13(2)17-12-23-29-20(17)26-21(28(3)4)27-22(29)24-14-9-10-19-16(11-14)15-7-5-6-8-18(15)25-19/h5-8,12-14,25H,9-11H2,1-4H3,(H,24,26,27). The summed E-state index contributed by atoms with van der Waals surface area (Å²) in [5.41, 5.74) is 6.04. The number of hydrogen-bond acceptors (Lipinski definition) is 5. The van der Waals surface area contributed by atoms with Crippen molar-refractivity contribution in [1.29, 1.82) is 0 Å². The summed E-state index contributed by atoms with van der Waals surface area (Å²) in [6.07, 6.45) is 4.98. The van der Waals surface area contributed by atoms with E-state index in [1.54, 1.807) is 0 Å². The van der Waals surface area contributed by atoms with Crippen LogP contribution in [0.15, 0.2) is 30.5 Å². The molecule has 7 nitrogen and oxygen atoms in total. The van der Waals surface area contributed by atoms with Crippen LogP contribution in [0.2, 0.25) is 0 Å². The third kappa shape index (κ3) is 3.01. The van der Waals surface area contributed by atoms with Gasteiger partial charge in [-0.15, -0.1) is 0 Å². The Balaban J connectivity index is 1.52. The van der Waals surface area contributed by atoms with E-state index in [9.17, 15) is 0 Å². The van der Waals surface area contributed by atoms with Crippen LogP contribution in [0, 0.1) is 0 Å². The molecule has 0 saturated carbocycles. The Morgan fingerprint density at radius 3 is 2.83 bits per heavy atom. The van der Waals surface area contributed by atoms with Gasteiger partial charge in [0.2, 0.25) is 11.9 Å². The van der Waals surface area contributed by atoms with Crippen LogP contribution in [-0.2, 0) is 12.8 Å². The van der Waals surface area contributed by atoms with E-state index in [1.165, 1.54) is 22.2 Å². The van der Waals surface area contributed by atoms with Crippen LogP contribution in [0.1, 0.15) is 43.0 Å². The summed E-state index contributed by atoms with van der Waals surface area (Å²) in [4.78, 5) is 15.1. The van der Waals surface area contributed by atoms with Crippen molar-refractivity contribution in [2.24, 2.45) is 0 Å². The van der Waals surface area contributed by atoms with E-state index >= 15 is 0 Å². The minimum absolute atomic E-state index is 0.307. The van der Waals surface area contributed by atoms with Gasteiger partial charge in [0, 0.05) is 42.3 Å². The SMILES string of the molecule is CC(C)c1cnn2c(NC3CCc4[nH]c5ccccc5c4C3)nc(N(C)C)nc12. The summed E-state index contributed by atoms with van der Waals surface area (Å²) < 4.78 is 1.85. The van der Waals surface area contributed by atoms with Gasteiger partial charge in [-0.3, -0.25) is 0 Å². The summed E-state index contributed by atoms with van der Waals surface area (Å²) in [7, 11) is 3.94. The van der Waals surface area contributed by atoms with Crippen molar-refractivity contribution in [1.82, 2.24) is 24.6 Å². The molecule has 4 aromatic rings. The summed E-state index contributed by atoms with van der Waals surface area (Å²) >= 11 is 0. The molecule has 1 unspecified atom stereocenters. The number of aromatic amines is 1. The Kier molecular flexibility index (Phi) is 4.19. The minimum atomic E-state index is 0.307. The molecule has 0 saturated heterocycles. The molecule has 0 bridgehead atoms. The second-order valence-corrected chi connectivity index (χ2v) is 8.44. The lowest BCUT2D eigenvalue weighted by molar-refractivity contribution is 0.599. The molecule has 0 radical (unpaired) electrons. The minimum Gasteiger partial charge on any atom is -0.358 e. The van der Waals surface area contributed by atoms with Crippen LogP contribution >= 0.6 is 0 Å². The molecule has 1 aromatic carbocycles. The highest BCUT2D eigenvalue weighted by Gasteiger charge is 2.24. The molecule has 2 N–H and O–H groups in total. The number of benzene rings is 1. The Bertz CT molecular complexity index is 1180. The number of para-hydroxylation sites is 1. The largest absolute Gasteiger partial charge is 0.358 e. The number of hydrogen-bond donors (Lipinski definition) is 2. The molecule has 1 aliphatic rings. The lowest BCUT2D eigenvalue weighted by atomic mass is 9.91. The van der Waals surface area contributed by atoms with Crippen LogP contribution in [0.4, 0.5) is 11.9 Å². The molecule has 7 heteroatoms. The highest BCUT2D eigenvalue weighted by atomic mass is 15.4. The number of anilines is 2. The van der Waals surface area contributed by atoms with Crippen molar-refractivity contribution in [3.05, 3.63) is 47.3 Å². The van der Waals surface area contributed by atoms with Gasteiger partial charge in [-0.2, -0.15) is 19.6 Å². The number of rotatable bonds is 4. The van der Waals surface area contributed by atoms with Gasteiger partial charge in [-0.25, -0.2) is 0 Å². The quantitative estimate of drug-likeness (QED) is 0.556. The molecule has 150 valence electrons. The summed E-state index contributed by atoms with van der Waals surface area (Å²) in [6, 6.07) is 8.88. The van der Waals surface area contributed by atoms with Crippen molar-refractivity contribution in [2.45, 2.75) is 45.1 Å². The van der Waals surface area contributed by atoms with Crippen molar-refractivity contribution in [3.8, 4) is 0 Å². The molecule has 0 amide bonds. The Morgan fingerprint density at radius 2 is 2.03 bits per heavy atom. The maximum absolute atomic E-state index is 4.77. The average molecular weight is 390 g/mol. The maximum atomic E-state index is 4.77. The molecule has 3 heterocycles. The lowest BCUT2D eigenvalue weighted by Crippen LogP contribution is -2.29. The Labute approximate surface area is 170 Å².